The van der Waals surface area contributed by atoms with E-state index in [1.807, 2.05) is 4.90 Å². The Morgan fingerprint density at radius 1 is 1.09 bits per heavy atom. The van der Waals surface area contributed by atoms with Crippen molar-refractivity contribution in [2.45, 2.75) is 43.2 Å². The number of carbonyl (C=O) groups is 2. The smallest absolute Gasteiger partial charge is 0.228 e. The van der Waals surface area contributed by atoms with Gasteiger partial charge in [-0.2, -0.15) is 0 Å². The fraction of sp³-hybridized carbons (Fsp3) is 0.786. The molecule has 2 aliphatic rings. The van der Waals surface area contributed by atoms with E-state index in [1.165, 1.54) is 0 Å². The van der Waals surface area contributed by atoms with Gasteiger partial charge in [0.15, 0.2) is 0 Å². The number of rotatable bonds is 7. The van der Waals surface area contributed by atoms with Crippen LogP contribution in [0.4, 0.5) is 0 Å². The minimum Gasteiger partial charge on any atom is -0.321 e. The van der Waals surface area contributed by atoms with Gasteiger partial charge in [0.2, 0.25) is 11.8 Å². The second kappa shape index (κ2) is 9.39. The van der Waals surface area contributed by atoms with Gasteiger partial charge < -0.3 is 4.90 Å². The Labute approximate surface area is 151 Å². The number of nitrogens with zero attached hydrogens (tertiary/aromatic N) is 2. The molecule has 2 amide bonds. The molecule has 0 saturated carbocycles. The van der Waals surface area contributed by atoms with Crippen LogP contribution in [0.5, 0.6) is 0 Å². The lowest BCUT2D eigenvalue weighted by Gasteiger charge is -2.19. The third-order valence-electron chi connectivity index (χ3n) is 3.78. The van der Waals surface area contributed by atoms with Crippen molar-refractivity contribution >= 4 is 64.5 Å². The molecule has 1 atom stereocenters. The Bertz CT molecular complexity index is 433. The number of thiocarbonyl (C=S) groups is 1. The minimum absolute atomic E-state index is 0.0345. The number of thioether (sulfide) groups is 2. The molecule has 0 aliphatic carbocycles. The van der Waals surface area contributed by atoms with Crippen molar-refractivity contribution in [3.8, 4) is 0 Å². The highest BCUT2D eigenvalue weighted by molar-refractivity contribution is 8.23. The molecule has 1 unspecified atom stereocenters. The van der Waals surface area contributed by atoms with Gasteiger partial charge in [-0.25, -0.2) is 0 Å². The fourth-order valence-electron chi connectivity index (χ4n) is 2.51. The van der Waals surface area contributed by atoms with Gasteiger partial charge in [0.25, 0.3) is 0 Å². The van der Waals surface area contributed by atoms with E-state index < -0.39 is 0 Å². The van der Waals surface area contributed by atoms with Gasteiger partial charge in [-0.05, 0) is 12.8 Å². The third-order valence-corrected chi connectivity index (χ3v) is 6.90. The van der Waals surface area contributed by atoms with Gasteiger partial charge >= 0.3 is 0 Å². The molecule has 0 aromatic rings. The van der Waals surface area contributed by atoms with E-state index in [9.17, 15) is 9.59 Å². The first-order valence-corrected chi connectivity index (χ1v) is 10.6. The number of hydrogen-bond donors (Lipinski definition) is 1. The minimum atomic E-state index is 0.0345. The Morgan fingerprint density at radius 2 is 1.77 bits per heavy atom. The van der Waals surface area contributed by atoms with Crippen molar-refractivity contribution in [1.29, 1.82) is 0 Å². The maximum Gasteiger partial charge on any atom is 0.228 e. The molecule has 0 N–H and O–H groups in total. The van der Waals surface area contributed by atoms with E-state index in [1.54, 1.807) is 28.4 Å². The van der Waals surface area contributed by atoms with Crippen LogP contribution in [0.15, 0.2) is 0 Å². The summed E-state index contributed by atoms with van der Waals surface area (Å²) in [6.07, 6.45) is 4.93. The lowest BCUT2D eigenvalue weighted by molar-refractivity contribution is -0.130. The molecule has 2 heterocycles. The van der Waals surface area contributed by atoms with Gasteiger partial charge in [0, 0.05) is 37.4 Å². The van der Waals surface area contributed by atoms with Crippen LogP contribution in [-0.2, 0) is 9.59 Å². The van der Waals surface area contributed by atoms with E-state index in [2.05, 4.69) is 12.6 Å². The van der Waals surface area contributed by atoms with Crippen molar-refractivity contribution in [1.82, 2.24) is 9.80 Å². The summed E-state index contributed by atoms with van der Waals surface area (Å²) in [7, 11) is 0. The van der Waals surface area contributed by atoms with Crippen LogP contribution in [0.1, 0.15) is 38.5 Å². The molecular weight excluding hydrogens is 356 g/mol. The van der Waals surface area contributed by atoms with Crippen molar-refractivity contribution in [2.75, 3.05) is 24.6 Å². The summed E-state index contributed by atoms with van der Waals surface area (Å²) in [5.74, 6) is 2.27. The zero-order valence-electron chi connectivity index (χ0n) is 12.5. The number of carbonyl (C=O) groups excluding carboxylic acids is 2. The van der Waals surface area contributed by atoms with Gasteiger partial charge in [-0.1, -0.05) is 36.8 Å². The highest BCUT2D eigenvalue weighted by Gasteiger charge is 2.26. The fourth-order valence-corrected chi connectivity index (χ4v) is 5.23. The molecule has 0 aromatic carbocycles. The second-order valence-corrected chi connectivity index (χ2v) is 9.11. The summed E-state index contributed by atoms with van der Waals surface area (Å²) in [6.45, 7) is 1.58. The molecule has 22 heavy (non-hydrogen) atoms. The molecule has 8 heteroatoms. The average Bonchev–Trinajstić information content (AvgIpc) is 3.10. The number of hydrogen-bond acceptors (Lipinski definition) is 6. The van der Waals surface area contributed by atoms with E-state index in [4.69, 9.17) is 12.2 Å². The molecule has 0 spiro atoms. The predicted octanol–water partition coefficient (Wildman–Crippen LogP) is 2.98. The monoisotopic (exact) mass is 378 g/mol. The summed E-state index contributed by atoms with van der Waals surface area (Å²) in [5.41, 5.74) is 0. The van der Waals surface area contributed by atoms with Crippen LogP contribution in [0.3, 0.4) is 0 Å². The van der Waals surface area contributed by atoms with Crippen molar-refractivity contribution < 1.29 is 9.59 Å². The first-order valence-electron chi connectivity index (χ1n) is 7.66. The van der Waals surface area contributed by atoms with Gasteiger partial charge in [0.05, 0.1) is 0 Å². The van der Waals surface area contributed by atoms with E-state index in [0.717, 1.165) is 54.6 Å². The molecule has 2 rings (SSSR count). The van der Waals surface area contributed by atoms with Crippen LogP contribution >= 0.6 is 48.4 Å². The lowest BCUT2D eigenvalue weighted by atomic mass is 10.1. The summed E-state index contributed by atoms with van der Waals surface area (Å²) < 4.78 is 0.757. The molecule has 0 bridgehead atoms. The summed E-state index contributed by atoms with van der Waals surface area (Å²) in [5, 5.41) is 0. The van der Waals surface area contributed by atoms with Crippen molar-refractivity contribution in [2.24, 2.45) is 0 Å². The van der Waals surface area contributed by atoms with Crippen LogP contribution < -0.4 is 0 Å². The first-order chi connectivity index (χ1) is 10.6. The average molecular weight is 379 g/mol. The number of thiol groups is 1. The highest BCUT2D eigenvalue weighted by atomic mass is 32.2. The highest BCUT2D eigenvalue weighted by Crippen LogP contribution is 2.27. The predicted molar refractivity (Wildman–Crippen MR) is 101 cm³/mol. The van der Waals surface area contributed by atoms with E-state index >= 15 is 0 Å². The standard InChI is InChI=1S/C14H22N2O2S4/c17-11(15-7-9-21-13(15)19)5-3-1-2-4-6-12(18)16-8-10-22-14(16)20/h13,19H,1-10H2. The van der Waals surface area contributed by atoms with Crippen LogP contribution in [0, 0.1) is 0 Å². The van der Waals surface area contributed by atoms with E-state index in [0.29, 0.717) is 12.8 Å². The molecule has 0 radical (unpaired) electrons. The molecule has 2 fully saturated rings. The summed E-state index contributed by atoms with van der Waals surface area (Å²) >= 11 is 12.8. The van der Waals surface area contributed by atoms with Crippen molar-refractivity contribution in [3.05, 3.63) is 0 Å². The van der Waals surface area contributed by atoms with Gasteiger partial charge in [0.1, 0.15) is 9.03 Å². The number of unbranched alkanes of at least 4 members (excludes halogenated alkanes) is 3. The maximum absolute atomic E-state index is 12.0. The Kier molecular flexibility index (Phi) is 7.86. The lowest BCUT2D eigenvalue weighted by Crippen LogP contribution is -2.31. The van der Waals surface area contributed by atoms with Crippen LogP contribution in [-0.4, -0.2) is 55.2 Å². The summed E-state index contributed by atoms with van der Waals surface area (Å²) in [6, 6.07) is 0. The van der Waals surface area contributed by atoms with E-state index in [-0.39, 0.29) is 16.5 Å². The van der Waals surface area contributed by atoms with Gasteiger partial charge in [-0.15, -0.1) is 24.4 Å². The number of amides is 2. The molecular formula is C14H22N2O2S4. The van der Waals surface area contributed by atoms with Crippen molar-refractivity contribution in [3.63, 3.8) is 0 Å². The maximum atomic E-state index is 12.0. The first kappa shape index (κ1) is 18.4. The van der Waals surface area contributed by atoms with Crippen LogP contribution in [0.25, 0.3) is 0 Å². The zero-order chi connectivity index (χ0) is 15.9. The molecule has 124 valence electrons. The molecule has 2 saturated heterocycles. The molecule has 2 aliphatic heterocycles. The third kappa shape index (κ3) is 5.32. The van der Waals surface area contributed by atoms with Crippen LogP contribution in [0.2, 0.25) is 0 Å². The topological polar surface area (TPSA) is 40.6 Å². The second-order valence-electron chi connectivity index (χ2n) is 5.36. The molecule has 0 aromatic heterocycles. The Hall–Kier alpha value is 0.0800. The normalized spacial score (nSPS) is 21.7. The molecule has 4 nitrogen and oxygen atoms in total. The van der Waals surface area contributed by atoms with Gasteiger partial charge in [-0.3, -0.25) is 14.5 Å². The largest absolute Gasteiger partial charge is 0.321 e. The Balaban J connectivity index is 1.51. The Morgan fingerprint density at radius 3 is 2.32 bits per heavy atom. The SMILES string of the molecule is O=C(CCCCCCC(=O)N1CCSC1S)N1CCSC1=S. The quantitative estimate of drug-likeness (QED) is 0.419. The zero-order valence-corrected chi connectivity index (χ0v) is 15.9. The summed E-state index contributed by atoms with van der Waals surface area (Å²) in [4.78, 5) is 27.5.